The molecule has 0 aliphatic carbocycles. The number of aromatic nitrogens is 2. The van der Waals surface area contributed by atoms with Gasteiger partial charge in [0.05, 0.1) is 27.8 Å². The van der Waals surface area contributed by atoms with Gasteiger partial charge in [-0.2, -0.15) is 0 Å². The highest BCUT2D eigenvalue weighted by Crippen LogP contribution is 2.49. The fourth-order valence-electron chi connectivity index (χ4n) is 12.0. The summed E-state index contributed by atoms with van der Waals surface area (Å²) in [5.41, 5.74) is 18.8. The van der Waals surface area contributed by atoms with Crippen LogP contribution in [0.2, 0.25) is 0 Å². The third-order valence-electron chi connectivity index (χ3n) is 15.1. The van der Waals surface area contributed by atoms with E-state index in [4.69, 9.17) is 0 Å². The smallest absolute Gasteiger partial charge is 0.0561 e. The van der Waals surface area contributed by atoms with Crippen LogP contribution in [-0.4, -0.2) is 9.13 Å². The van der Waals surface area contributed by atoms with Gasteiger partial charge in [-0.25, -0.2) is 0 Å². The van der Waals surface area contributed by atoms with Crippen molar-refractivity contribution in [1.29, 1.82) is 0 Å². The van der Waals surface area contributed by atoms with E-state index in [1.807, 2.05) is 0 Å². The number of para-hydroxylation sites is 4. The Kier molecular flexibility index (Phi) is 9.43. The first-order valence-corrected chi connectivity index (χ1v) is 25.0. The molecule has 72 heavy (non-hydrogen) atoms. The molecular weight excluding hydrogens is 873 g/mol. The molecule has 0 aliphatic rings. The van der Waals surface area contributed by atoms with Crippen LogP contribution in [0.3, 0.4) is 0 Å². The zero-order valence-corrected chi connectivity index (χ0v) is 40.7. The highest BCUT2D eigenvalue weighted by atomic mass is 15.2. The van der Waals surface area contributed by atoms with Gasteiger partial charge < -0.3 is 18.9 Å². The van der Waals surface area contributed by atoms with E-state index in [2.05, 4.69) is 277 Å². The topological polar surface area (TPSA) is 16.3 Å². The predicted octanol–water partition coefficient (Wildman–Crippen LogP) is 19.0. The lowest BCUT2D eigenvalue weighted by Gasteiger charge is -2.30. The second kappa shape index (κ2) is 16.2. The van der Waals surface area contributed by atoms with Crippen LogP contribution in [-0.2, 0) is 0 Å². The molecule has 0 fully saturated rings. The van der Waals surface area contributed by atoms with Gasteiger partial charge in [0.2, 0.25) is 0 Å². The summed E-state index contributed by atoms with van der Waals surface area (Å²) < 4.78 is 4.84. The lowest BCUT2D eigenvalue weighted by Crippen LogP contribution is -2.13. The summed E-state index contributed by atoms with van der Waals surface area (Å²) in [4.78, 5) is 4.96. The molecule has 0 unspecified atom stereocenters. The Morgan fingerprint density at radius 1 is 0.278 bits per heavy atom. The van der Waals surface area contributed by atoms with Gasteiger partial charge in [-0.3, -0.25) is 0 Å². The summed E-state index contributed by atoms with van der Waals surface area (Å²) in [7, 11) is 0. The Balaban J connectivity index is 1.03. The molecule has 0 amide bonds. The molecule has 4 nitrogen and oxygen atoms in total. The lowest BCUT2D eigenvalue weighted by molar-refractivity contribution is 1.17. The predicted molar refractivity (Wildman–Crippen MR) is 307 cm³/mol. The Hall–Kier alpha value is -9.12. The van der Waals surface area contributed by atoms with Crippen molar-refractivity contribution in [3.63, 3.8) is 0 Å². The zero-order valence-electron chi connectivity index (χ0n) is 40.7. The van der Waals surface area contributed by atoms with Crippen LogP contribution in [0.5, 0.6) is 0 Å². The van der Waals surface area contributed by atoms with Crippen molar-refractivity contribution in [2.75, 3.05) is 9.80 Å². The Morgan fingerprint density at radius 3 is 1.24 bits per heavy atom. The minimum Gasteiger partial charge on any atom is -0.310 e. The molecule has 0 atom stereocenters. The lowest BCUT2D eigenvalue weighted by atomic mass is 9.92. The molecule has 14 rings (SSSR count). The Morgan fingerprint density at radius 2 is 0.708 bits per heavy atom. The number of fused-ring (bicyclic) bond motifs is 6. The van der Waals surface area contributed by atoms with E-state index < -0.39 is 0 Å². The first kappa shape index (κ1) is 41.8. The average molecular weight is 923 g/mol. The average Bonchev–Trinajstić information content (AvgIpc) is 3.92. The van der Waals surface area contributed by atoms with Gasteiger partial charge in [0.25, 0.3) is 0 Å². The summed E-state index contributed by atoms with van der Waals surface area (Å²) in [6, 6.07) is 85.6. The Bertz CT molecular complexity index is 4220. The standard InChI is InChI=1S/C68H50N4/c1-43-23-34-60(45(3)37-43)72(61-35-24-44(2)38-46(61)4)54-39-48-26-25-47-28-36-64(59-31-27-49(40-54)67(48)68(47)59)69(52-29-32-57-55-19-11-13-21-62(55)70(65(57)41-52)50-15-7-5-8-16-50)53-30-33-58-56-20-12-14-22-63(56)71(66(58)42-53)51-17-9-6-10-18-51/h5-42H,1-4H3. The first-order chi connectivity index (χ1) is 35.4. The molecule has 14 aromatic rings. The maximum absolute atomic E-state index is 2.50. The monoisotopic (exact) mass is 922 g/mol. The van der Waals surface area contributed by atoms with Gasteiger partial charge in [0.1, 0.15) is 0 Å². The van der Waals surface area contributed by atoms with Crippen LogP contribution < -0.4 is 9.80 Å². The molecule has 12 aromatic carbocycles. The van der Waals surface area contributed by atoms with Crippen molar-refractivity contribution >= 4 is 110 Å². The molecule has 4 heteroatoms. The van der Waals surface area contributed by atoms with Crippen LogP contribution in [0.25, 0.3) is 87.3 Å². The highest BCUT2D eigenvalue weighted by molar-refractivity contribution is 6.27. The summed E-state index contributed by atoms with van der Waals surface area (Å²) in [6.07, 6.45) is 0. The molecule has 2 heterocycles. The first-order valence-electron chi connectivity index (χ1n) is 25.0. The van der Waals surface area contributed by atoms with Crippen LogP contribution in [0.4, 0.5) is 34.1 Å². The molecule has 0 saturated heterocycles. The summed E-state index contributed by atoms with van der Waals surface area (Å²) >= 11 is 0. The molecule has 2 aromatic heterocycles. The van der Waals surface area contributed by atoms with Gasteiger partial charge in [-0.1, -0.05) is 151 Å². The fourth-order valence-corrected chi connectivity index (χ4v) is 12.0. The molecule has 342 valence electrons. The van der Waals surface area contributed by atoms with Crippen molar-refractivity contribution < 1.29 is 0 Å². The maximum Gasteiger partial charge on any atom is 0.0561 e. The molecule has 0 saturated carbocycles. The number of rotatable bonds is 8. The molecule has 0 bridgehead atoms. The molecule has 0 spiro atoms. The van der Waals surface area contributed by atoms with E-state index in [0.717, 1.165) is 45.2 Å². The Labute approximate surface area is 418 Å². The van der Waals surface area contributed by atoms with E-state index in [1.54, 1.807) is 0 Å². The third kappa shape index (κ3) is 6.46. The number of hydrogen-bond acceptors (Lipinski definition) is 2. The summed E-state index contributed by atoms with van der Waals surface area (Å²) in [6.45, 7) is 8.81. The summed E-state index contributed by atoms with van der Waals surface area (Å²) in [5.74, 6) is 0. The minimum atomic E-state index is 1.08. The number of hydrogen-bond donors (Lipinski definition) is 0. The SMILES string of the molecule is Cc1ccc(N(c2cc3ccc4ccc(N(c5ccc6c7ccccc7n(-c7ccccc7)c6c5)c5ccc6c7ccccc7n(-c7ccccc7)c6c5)c5ccc(c2)c3c45)c2ccc(C)cc2C)c(C)c1. The van der Waals surface area contributed by atoms with E-state index in [9.17, 15) is 0 Å². The fraction of sp³-hybridized carbons (Fsp3) is 0.0588. The van der Waals surface area contributed by atoms with Crippen LogP contribution >= 0.6 is 0 Å². The van der Waals surface area contributed by atoms with E-state index in [-0.39, 0.29) is 0 Å². The van der Waals surface area contributed by atoms with Gasteiger partial charge >= 0.3 is 0 Å². The third-order valence-corrected chi connectivity index (χ3v) is 15.1. The zero-order chi connectivity index (χ0) is 48.2. The molecular formula is C68H50N4. The normalized spacial score (nSPS) is 11.9. The summed E-state index contributed by atoms with van der Waals surface area (Å²) in [5, 5.41) is 12.3. The molecule has 0 aliphatic heterocycles. The minimum absolute atomic E-state index is 1.08. The van der Waals surface area contributed by atoms with Gasteiger partial charge in [0, 0.05) is 66.7 Å². The van der Waals surface area contributed by atoms with E-state index >= 15 is 0 Å². The van der Waals surface area contributed by atoms with Crippen LogP contribution in [0, 0.1) is 27.7 Å². The van der Waals surface area contributed by atoms with Gasteiger partial charge in [0.15, 0.2) is 0 Å². The van der Waals surface area contributed by atoms with Crippen molar-refractivity contribution in [2.24, 2.45) is 0 Å². The second-order valence-corrected chi connectivity index (χ2v) is 19.7. The molecule has 0 N–H and O–H groups in total. The second-order valence-electron chi connectivity index (χ2n) is 19.7. The van der Waals surface area contributed by atoms with Crippen molar-refractivity contribution in [3.05, 3.63) is 253 Å². The van der Waals surface area contributed by atoms with Crippen LogP contribution in [0.15, 0.2) is 231 Å². The van der Waals surface area contributed by atoms with Gasteiger partial charge in [-0.05, 0) is 157 Å². The van der Waals surface area contributed by atoms with Crippen molar-refractivity contribution in [3.8, 4) is 11.4 Å². The van der Waals surface area contributed by atoms with Crippen molar-refractivity contribution in [1.82, 2.24) is 9.13 Å². The number of aryl methyl sites for hydroxylation is 4. The molecule has 0 radical (unpaired) electrons. The van der Waals surface area contributed by atoms with E-state index in [0.29, 0.717) is 0 Å². The number of anilines is 6. The van der Waals surface area contributed by atoms with E-state index in [1.165, 1.54) is 98.5 Å². The van der Waals surface area contributed by atoms with Crippen molar-refractivity contribution in [2.45, 2.75) is 27.7 Å². The van der Waals surface area contributed by atoms with Crippen LogP contribution in [0.1, 0.15) is 22.3 Å². The van der Waals surface area contributed by atoms with Gasteiger partial charge in [-0.15, -0.1) is 0 Å². The quantitative estimate of drug-likeness (QED) is 0.141. The highest BCUT2D eigenvalue weighted by Gasteiger charge is 2.24. The number of nitrogens with zero attached hydrogens (tertiary/aromatic N) is 4. The number of benzene rings is 12. The maximum atomic E-state index is 2.50. The largest absolute Gasteiger partial charge is 0.310 e.